The Morgan fingerprint density at radius 3 is 2.48 bits per heavy atom. The zero-order valence-electron chi connectivity index (χ0n) is 14.0. The van der Waals surface area contributed by atoms with Crippen molar-refractivity contribution in [2.75, 3.05) is 25.0 Å². The maximum absolute atomic E-state index is 12.9. The van der Waals surface area contributed by atoms with Crippen molar-refractivity contribution in [3.8, 4) is 0 Å². The predicted octanol–water partition coefficient (Wildman–Crippen LogP) is 2.46. The normalized spacial score (nSPS) is 20.0. The van der Waals surface area contributed by atoms with E-state index >= 15 is 0 Å². The molecule has 1 fully saturated rings. The van der Waals surface area contributed by atoms with Gasteiger partial charge in [0, 0.05) is 25.2 Å². The summed E-state index contributed by atoms with van der Waals surface area (Å²) in [6.07, 6.45) is -4.68. The minimum absolute atomic E-state index is 0. The van der Waals surface area contributed by atoms with E-state index in [4.69, 9.17) is 5.11 Å². The zero-order chi connectivity index (χ0) is 19.6. The molecule has 12 heteroatoms. The third-order valence-corrected chi connectivity index (χ3v) is 4.21. The van der Waals surface area contributed by atoms with Crippen LogP contribution in [0.15, 0.2) is 18.2 Å². The molecule has 27 heavy (non-hydrogen) atoms. The van der Waals surface area contributed by atoms with Gasteiger partial charge in [0.05, 0.1) is 29.0 Å². The van der Waals surface area contributed by atoms with Crippen molar-refractivity contribution < 1.29 is 32.8 Å². The van der Waals surface area contributed by atoms with E-state index in [2.05, 4.69) is 5.32 Å². The first-order valence-corrected chi connectivity index (χ1v) is 7.56. The number of nitro groups is 1. The van der Waals surface area contributed by atoms with E-state index < -0.39 is 54.4 Å². The van der Waals surface area contributed by atoms with E-state index in [0.29, 0.717) is 5.56 Å². The number of carbonyl (C=O) groups excluding carboxylic acids is 1. The number of anilines is 1. The van der Waals surface area contributed by atoms with Gasteiger partial charge in [0.15, 0.2) is 0 Å². The fourth-order valence-electron chi connectivity index (χ4n) is 2.85. The summed E-state index contributed by atoms with van der Waals surface area (Å²) in [4.78, 5) is 34.4. The van der Waals surface area contributed by atoms with Crippen molar-refractivity contribution in [3.05, 3.63) is 33.9 Å². The van der Waals surface area contributed by atoms with Crippen LogP contribution in [0.5, 0.6) is 0 Å². The Morgan fingerprint density at radius 1 is 1.37 bits per heavy atom. The maximum Gasteiger partial charge on any atom is 0.393 e. The first-order valence-electron chi connectivity index (χ1n) is 7.56. The van der Waals surface area contributed by atoms with Crippen molar-refractivity contribution in [3.63, 3.8) is 0 Å². The average molecular weight is 412 g/mol. The van der Waals surface area contributed by atoms with Gasteiger partial charge in [0.2, 0.25) is 5.91 Å². The van der Waals surface area contributed by atoms with Crippen LogP contribution in [0.3, 0.4) is 0 Å². The third-order valence-electron chi connectivity index (χ3n) is 4.21. The Morgan fingerprint density at radius 2 is 2.00 bits per heavy atom. The van der Waals surface area contributed by atoms with Crippen LogP contribution in [-0.2, 0) is 9.59 Å². The van der Waals surface area contributed by atoms with Gasteiger partial charge in [0.1, 0.15) is 0 Å². The van der Waals surface area contributed by atoms with E-state index in [9.17, 15) is 32.9 Å². The summed E-state index contributed by atoms with van der Waals surface area (Å²) in [5.41, 5.74) is 0.475. The first kappa shape index (κ1) is 22.6. The summed E-state index contributed by atoms with van der Waals surface area (Å²) in [5, 5.41) is 22.2. The summed E-state index contributed by atoms with van der Waals surface area (Å²) in [5.74, 6) is -5.93. The number of halogens is 4. The van der Waals surface area contributed by atoms with E-state index in [1.165, 1.54) is 12.1 Å². The van der Waals surface area contributed by atoms with Crippen molar-refractivity contribution >= 4 is 35.7 Å². The van der Waals surface area contributed by atoms with Gasteiger partial charge in [-0.25, -0.2) is 0 Å². The predicted molar refractivity (Wildman–Crippen MR) is 90.8 cm³/mol. The Labute approximate surface area is 157 Å². The van der Waals surface area contributed by atoms with Crippen LogP contribution in [-0.4, -0.2) is 52.6 Å². The highest BCUT2D eigenvalue weighted by Crippen LogP contribution is 2.37. The van der Waals surface area contributed by atoms with Gasteiger partial charge in [-0.15, -0.1) is 12.4 Å². The Hall–Kier alpha value is -2.40. The zero-order valence-corrected chi connectivity index (χ0v) is 14.8. The molecule has 150 valence electrons. The molecule has 2 rings (SSSR count). The SMILES string of the molecule is Cc1ccc([N+](=O)[O-])cc1NC(=O)CN1C[C@@H](C(F)(F)F)[C@H](C(=O)O)C1.Cl. The number of hydrogen-bond donors (Lipinski definition) is 2. The van der Waals surface area contributed by atoms with E-state index in [0.717, 1.165) is 11.0 Å². The van der Waals surface area contributed by atoms with E-state index in [1.54, 1.807) is 6.92 Å². The number of nitrogens with one attached hydrogen (secondary N) is 1. The van der Waals surface area contributed by atoms with Crippen LogP contribution in [0.2, 0.25) is 0 Å². The monoisotopic (exact) mass is 411 g/mol. The minimum Gasteiger partial charge on any atom is -0.481 e. The maximum atomic E-state index is 12.9. The molecule has 0 aliphatic carbocycles. The van der Waals surface area contributed by atoms with Gasteiger partial charge >= 0.3 is 12.1 Å². The first-order chi connectivity index (χ1) is 12.0. The number of likely N-dealkylation sites (tertiary alicyclic amines) is 1. The summed E-state index contributed by atoms with van der Waals surface area (Å²) in [7, 11) is 0. The van der Waals surface area contributed by atoms with Crippen molar-refractivity contribution in [2.24, 2.45) is 11.8 Å². The highest BCUT2D eigenvalue weighted by Gasteiger charge is 2.52. The van der Waals surface area contributed by atoms with Crippen molar-refractivity contribution in [1.82, 2.24) is 4.90 Å². The second kappa shape index (κ2) is 8.53. The molecule has 0 aromatic heterocycles. The minimum atomic E-state index is -4.68. The molecule has 1 heterocycles. The Bertz CT molecular complexity index is 744. The molecule has 0 saturated carbocycles. The number of aryl methyl sites for hydroxylation is 1. The number of non-ortho nitro benzene ring substituents is 1. The fourth-order valence-corrected chi connectivity index (χ4v) is 2.85. The Balaban J connectivity index is 0.00000364. The van der Waals surface area contributed by atoms with Crippen molar-refractivity contribution in [2.45, 2.75) is 13.1 Å². The van der Waals surface area contributed by atoms with Gasteiger partial charge in [-0.3, -0.25) is 24.6 Å². The highest BCUT2D eigenvalue weighted by molar-refractivity contribution is 5.93. The number of aliphatic carboxylic acids is 1. The number of alkyl halides is 3. The number of amides is 1. The lowest BCUT2D eigenvalue weighted by molar-refractivity contribution is -0.384. The lowest BCUT2D eigenvalue weighted by Gasteiger charge is -2.18. The molecular weight excluding hydrogens is 395 g/mol. The number of nitrogens with zero attached hydrogens (tertiary/aromatic N) is 2. The van der Waals surface area contributed by atoms with Crippen LogP contribution in [0.25, 0.3) is 0 Å². The van der Waals surface area contributed by atoms with Crippen LogP contribution in [0.1, 0.15) is 5.56 Å². The molecule has 1 saturated heterocycles. The van der Waals surface area contributed by atoms with E-state index in [1.807, 2.05) is 0 Å². The molecular formula is C15H17ClF3N3O5. The highest BCUT2D eigenvalue weighted by atomic mass is 35.5. The molecule has 0 bridgehead atoms. The summed E-state index contributed by atoms with van der Waals surface area (Å²) in [6, 6.07) is 3.84. The quantitative estimate of drug-likeness (QED) is 0.568. The van der Waals surface area contributed by atoms with Crippen LogP contribution in [0, 0.1) is 28.9 Å². The van der Waals surface area contributed by atoms with Crippen molar-refractivity contribution in [1.29, 1.82) is 0 Å². The van der Waals surface area contributed by atoms with Gasteiger partial charge < -0.3 is 10.4 Å². The number of benzene rings is 1. The molecule has 0 unspecified atom stereocenters. The number of carboxylic acid groups (broad SMARTS) is 1. The number of nitro benzene ring substituents is 1. The molecule has 8 nitrogen and oxygen atoms in total. The lowest BCUT2D eigenvalue weighted by Crippen LogP contribution is -2.34. The topological polar surface area (TPSA) is 113 Å². The molecule has 2 atom stereocenters. The van der Waals surface area contributed by atoms with Gasteiger partial charge in [0.25, 0.3) is 5.69 Å². The largest absolute Gasteiger partial charge is 0.481 e. The molecule has 2 N–H and O–H groups in total. The summed E-state index contributed by atoms with van der Waals surface area (Å²) >= 11 is 0. The number of rotatable bonds is 5. The van der Waals surface area contributed by atoms with Crippen LogP contribution in [0.4, 0.5) is 24.5 Å². The van der Waals surface area contributed by atoms with Gasteiger partial charge in [-0.1, -0.05) is 6.07 Å². The molecule has 0 radical (unpaired) electrons. The fraction of sp³-hybridized carbons (Fsp3) is 0.467. The molecule has 1 aliphatic heterocycles. The van der Waals surface area contributed by atoms with E-state index in [-0.39, 0.29) is 23.8 Å². The molecule has 0 spiro atoms. The number of carbonyl (C=O) groups is 2. The smallest absolute Gasteiger partial charge is 0.393 e. The summed E-state index contributed by atoms with van der Waals surface area (Å²) < 4.78 is 38.8. The third kappa shape index (κ3) is 5.54. The molecule has 1 amide bonds. The second-order valence-electron chi connectivity index (χ2n) is 6.09. The molecule has 1 aliphatic rings. The molecule has 1 aromatic carbocycles. The van der Waals surface area contributed by atoms with Crippen LogP contribution < -0.4 is 5.32 Å². The average Bonchev–Trinajstić information content (AvgIpc) is 2.93. The van der Waals surface area contributed by atoms with Gasteiger partial charge in [-0.2, -0.15) is 13.2 Å². The Kier molecular flexibility index (Phi) is 7.15. The number of hydrogen-bond acceptors (Lipinski definition) is 5. The summed E-state index contributed by atoms with van der Waals surface area (Å²) in [6.45, 7) is 0.163. The lowest BCUT2D eigenvalue weighted by atomic mass is 9.96. The van der Waals surface area contributed by atoms with Crippen LogP contribution >= 0.6 is 12.4 Å². The molecule has 1 aromatic rings. The number of carboxylic acids is 1. The second-order valence-corrected chi connectivity index (χ2v) is 6.09. The van der Waals surface area contributed by atoms with Gasteiger partial charge in [-0.05, 0) is 12.5 Å². The standard InChI is InChI=1S/C15H16F3N3O5.ClH/c1-8-2-3-9(21(25)26)4-12(8)19-13(22)7-20-5-10(14(23)24)11(6-20)15(16,17)18;/h2-4,10-11H,5-7H2,1H3,(H,19,22)(H,23,24);1H/t10-,11-;/m1./s1.